The molecule has 1 aliphatic heterocycles. The summed E-state index contributed by atoms with van der Waals surface area (Å²) < 4.78 is 31.6. The summed E-state index contributed by atoms with van der Waals surface area (Å²) in [7, 11) is -3.48. The molecule has 0 unspecified atom stereocenters. The zero-order valence-electron chi connectivity index (χ0n) is 10.7. The third-order valence-electron chi connectivity index (χ3n) is 3.39. The minimum absolute atomic E-state index is 0.0513. The Morgan fingerprint density at radius 1 is 1.32 bits per heavy atom. The van der Waals surface area contributed by atoms with Crippen molar-refractivity contribution in [1.82, 2.24) is 9.62 Å². The second-order valence-corrected chi connectivity index (χ2v) is 6.87. The van der Waals surface area contributed by atoms with Gasteiger partial charge >= 0.3 is 0 Å². The molecule has 1 aliphatic carbocycles. The van der Waals surface area contributed by atoms with E-state index in [9.17, 15) is 8.42 Å². The second-order valence-electron chi connectivity index (χ2n) is 5.00. The number of furan rings is 1. The van der Waals surface area contributed by atoms with E-state index in [2.05, 4.69) is 5.32 Å². The van der Waals surface area contributed by atoms with Gasteiger partial charge in [0.05, 0.1) is 6.54 Å². The summed E-state index contributed by atoms with van der Waals surface area (Å²) >= 11 is 0. The molecule has 0 saturated heterocycles. The first-order chi connectivity index (χ1) is 9.16. The third-order valence-corrected chi connectivity index (χ3v) is 5.13. The second kappa shape index (κ2) is 5.11. The van der Waals surface area contributed by atoms with Crippen LogP contribution in [0, 0.1) is 0 Å². The number of sulfonamides is 1. The van der Waals surface area contributed by atoms with Crippen molar-refractivity contribution in [1.29, 1.82) is 0 Å². The number of nitrogens with one attached hydrogen (secondary N) is 1. The van der Waals surface area contributed by atoms with Crippen LogP contribution in [0.3, 0.4) is 0 Å². The van der Waals surface area contributed by atoms with Gasteiger partial charge in [-0.2, -0.15) is 4.31 Å². The van der Waals surface area contributed by atoms with Crippen molar-refractivity contribution in [2.75, 3.05) is 13.1 Å². The molecular weight excluding hydrogens is 264 g/mol. The van der Waals surface area contributed by atoms with Gasteiger partial charge < -0.3 is 9.73 Å². The van der Waals surface area contributed by atoms with Gasteiger partial charge in [-0.15, -0.1) is 0 Å². The van der Waals surface area contributed by atoms with Gasteiger partial charge in [-0.3, -0.25) is 0 Å². The van der Waals surface area contributed by atoms with Gasteiger partial charge in [0.2, 0.25) is 5.09 Å². The summed E-state index contributed by atoms with van der Waals surface area (Å²) in [6.45, 7) is 1.55. The van der Waals surface area contributed by atoms with E-state index in [1.54, 1.807) is 12.1 Å². The van der Waals surface area contributed by atoms with Crippen molar-refractivity contribution >= 4 is 10.0 Å². The summed E-state index contributed by atoms with van der Waals surface area (Å²) in [5.74, 6) is 0.679. The fourth-order valence-electron chi connectivity index (χ4n) is 2.09. The van der Waals surface area contributed by atoms with E-state index in [-0.39, 0.29) is 5.09 Å². The van der Waals surface area contributed by atoms with Crippen LogP contribution in [0.2, 0.25) is 0 Å². The molecule has 19 heavy (non-hydrogen) atoms. The van der Waals surface area contributed by atoms with Crippen LogP contribution in [-0.2, 0) is 16.6 Å². The molecule has 104 valence electrons. The standard InChI is InChI=1S/C13H18N2O3S/c16-19(17,15-8-2-1-3-9-15)13-7-6-12(18-13)10-14-11-4-5-11/h1-2,6-7,11,14H,3-5,8-10H2. The fourth-order valence-corrected chi connectivity index (χ4v) is 3.42. The molecule has 0 atom stereocenters. The van der Waals surface area contributed by atoms with E-state index in [0.29, 0.717) is 31.4 Å². The summed E-state index contributed by atoms with van der Waals surface area (Å²) in [6, 6.07) is 3.87. The lowest BCUT2D eigenvalue weighted by atomic mass is 10.3. The lowest BCUT2D eigenvalue weighted by Gasteiger charge is -2.21. The maximum atomic E-state index is 12.3. The quantitative estimate of drug-likeness (QED) is 0.831. The molecule has 5 nitrogen and oxygen atoms in total. The number of hydrogen-bond donors (Lipinski definition) is 1. The first-order valence-electron chi connectivity index (χ1n) is 6.63. The Morgan fingerprint density at radius 3 is 2.84 bits per heavy atom. The van der Waals surface area contributed by atoms with Crippen molar-refractivity contribution in [2.45, 2.75) is 36.9 Å². The van der Waals surface area contributed by atoms with Gasteiger partial charge in [0, 0.05) is 19.1 Å². The number of rotatable bonds is 5. The van der Waals surface area contributed by atoms with Crippen LogP contribution in [0.4, 0.5) is 0 Å². The molecule has 1 fully saturated rings. The van der Waals surface area contributed by atoms with Crippen LogP contribution in [0.5, 0.6) is 0 Å². The van der Waals surface area contributed by atoms with Gasteiger partial charge in [0.15, 0.2) is 0 Å². The highest BCUT2D eigenvalue weighted by Crippen LogP contribution is 2.22. The van der Waals surface area contributed by atoms with Gasteiger partial charge in [-0.1, -0.05) is 12.2 Å². The van der Waals surface area contributed by atoms with Crippen molar-refractivity contribution in [3.63, 3.8) is 0 Å². The van der Waals surface area contributed by atoms with Crippen LogP contribution >= 0.6 is 0 Å². The van der Waals surface area contributed by atoms with Crippen LogP contribution in [0.15, 0.2) is 33.8 Å². The van der Waals surface area contributed by atoms with Crippen LogP contribution in [-0.4, -0.2) is 31.9 Å². The van der Waals surface area contributed by atoms with E-state index in [0.717, 1.165) is 6.42 Å². The first-order valence-corrected chi connectivity index (χ1v) is 8.07. The highest BCUT2D eigenvalue weighted by Gasteiger charge is 2.28. The van der Waals surface area contributed by atoms with E-state index < -0.39 is 10.0 Å². The molecule has 6 heteroatoms. The van der Waals surface area contributed by atoms with Crippen molar-refractivity contribution in [2.24, 2.45) is 0 Å². The number of hydrogen-bond acceptors (Lipinski definition) is 4. The molecule has 2 heterocycles. The molecule has 0 bridgehead atoms. The Bertz CT molecular complexity index is 572. The molecule has 0 amide bonds. The van der Waals surface area contributed by atoms with Crippen molar-refractivity contribution in [3.05, 3.63) is 30.0 Å². The summed E-state index contributed by atoms with van der Waals surface area (Å²) in [6.07, 6.45) is 7.03. The number of nitrogens with zero attached hydrogens (tertiary/aromatic N) is 1. The van der Waals surface area contributed by atoms with Crippen LogP contribution in [0.1, 0.15) is 25.0 Å². The molecule has 1 saturated carbocycles. The minimum Gasteiger partial charge on any atom is -0.447 e. The molecule has 1 aromatic rings. The Kier molecular flexibility index (Phi) is 3.47. The summed E-state index contributed by atoms with van der Waals surface area (Å²) in [4.78, 5) is 0. The Morgan fingerprint density at radius 2 is 2.16 bits per heavy atom. The molecule has 0 aromatic carbocycles. The molecule has 1 N–H and O–H groups in total. The zero-order valence-corrected chi connectivity index (χ0v) is 11.5. The first kappa shape index (κ1) is 12.9. The normalized spacial score (nSPS) is 20.8. The van der Waals surface area contributed by atoms with E-state index in [1.807, 2.05) is 12.2 Å². The van der Waals surface area contributed by atoms with E-state index in [1.165, 1.54) is 17.1 Å². The average molecular weight is 282 g/mol. The van der Waals surface area contributed by atoms with Gasteiger partial charge in [-0.25, -0.2) is 8.42 Å². The average Bonchev–Trinajstić information content (AvgIpc) is 3.13. The van der Waals surface area contributed by atoms with Crippen molar-refractivity contribution < 1.29 is 12.8 Å². The molecule has 0 spiro atoms. The summed E-state index contributed by atoms with van der Waals surface area (Å²) in [5, 5.41) is 3.36. The van der Waals surface area contributed by atoms with Gasteiger partial charge in [0.25, 0.3) is 10.0 Å². The lowest BCUT2D eigenvalue weighted by Crippen LogP contribution is -2.33. The SMILES string of the molecule is O=S(=O)(c1ccc(CNC2CC2)o1)N1CC=CCC1. The molecule has 2 aliphatic rings. The van der Waals surface area contributed by atoms with Gasteiger partial charge in [-0.05, 0) is 31.4 Å². The predicted octanol–water partition coefficient (Wildman–Crippen LogP) is 1.48. The zero-order chi connectivity index (χ0) is 13.3. The predicted molar refractivity (Wildman–Crippen MR) is 71.1 cm³/mol. The molecule has 3 rings (SSSR count). The smallest absolute Gasteiger partial charge is 0.276 e. The maximum Gasteiger partial charge on any atom is 0.276 e. The fraction of sp³-hybridized carbons (Fsp3) is 0.538. The Balaban J connectivity index is 1.71. The monoisotopic (exact) mass is 282 g/mol. The van der Waals surface area contributed by atoms with Crippen molar-refractivity contribution in [3.8, 4) is 0 Å². The molecule has 1 aromatic heterocycles. The Labute approximate surface area is 113 Å². The van der Waals surface area contributed by atoms with Gasteiger partial charge in [0.1, 0.15) is 5.76 Å². The maximum absolute atomic E-state index is 12.3. The Hall–Kier alpha value is -1.11. The highest BCUT2D eigenvalue weighted by molar-refractivity contribution is 7.89. The molecule has 0 radical (unpaired) electrons. The van der Waals surface area contributed by atoms with E-state index in [4.69, 9.17) is 4.42 Å². The minimum atomic E-state index is -3.48. The highest BCUT2D eigenvalue weighted by atomic mass is 32.2. The summed E-state index contributed by atoms with van der Waals surface area (Å²) in [5.41, 5.74) is 0. The topological polar surface area (TPSA) is 62.6 Å². The van der Waals surface area contributed by atoms with Crippen LogP contribution < -0.4 is 5.32 Å². The van der Waals surface area contributed by atoms with E-state index >= 15 is 0 Å². The molecular formula is C13H18N2O3S. The largest absolute Gasteiger partial charge is 0.447 e. The lowest BCUT2D eigenvalue weighted by molar-refractivity contribution is 0.371. The third kappa shape index (κ3) is 2.91. The van der Waals surface area contributed by atoms with Crippen LogP contribution in [0.25, 0.3) is 0 Å².